The minimum absolute atomic E-state index is 0.117. The molecule has 0 aliphatic carbocycles. The van der Waals surface area contributed by atoms with Crippen LogP contribution < -0.4 is 0 Å². The molecule has 1 N–H and O–H groups in total. The molecule has 100 valence electrons. The zero-order valence-corrected chi connectivity index (χ0v) is 12.5. The van der Waals surface area contributed by atoms with Gasteiger partial charge in [0.1, 0.15) is 0 Å². The highest BCUT2D eigenvalue weighted by Gasteiger charge is 2.16. The maximum absolute atomic E-state index is 10.8. The van der Waals surface area contributed by atoms with E-state index in [0.29, 0.717) is 0 Å². The third-order valence-electron chi connectivity index (χ3n) is 2.92. The predicted octanol–water partition coefficient (Wildman–Crippen LogP) is 3.18. The van der Waals surface area contributed by atoms with E-state index in [0.717, 1.165) is 23.9 Å². The molecule has 0 aromatic heterocycles. The van der Waals surface area contributed by atoms with E-state index in [9.17, 15) is 4.79 Å². The van der Waals surface area contributed by atoms with Gasteiger partial charge in [-0.25, -0.2) is 0 Å². The average Bonchev–Trinajstić information content (AvgIpc) is 2.31. The average molecular weight is 314 g/mol. The monoisotopic (exact) mass is 313 g/mol. The molecular formula is C14H20BrNO2. The van der Waals surface area contributed by atoms with Gasteiger partial charge >= 0.3 is 5.97 Å². The number of carboxylic acid groups (broad SMARTS) is 1. The zero-order chi connectivity index (χ0) is 13.5. The molecule has 1 rings (SSSR count). The van der Waals surface area contributed by atoms with Crippen LogP contribution in [-0.2, 0) is 11.2 Å². The first-order chi connectivity index (χ1) is 8.52. The quantitative estimate of drug-likeness (QED) is 0.840. The fourth-order valence-electron chi connectivity index (χ4n) is 2.01. The van der Waals surface area contributed by atoms with Crippen LogP contribution in [0.15, 0.2) is 28.7 Å². The van der Waals surface area contributed by atoms with Crippen molar-refractivity contribution in [2.24, 2.45) is 0 Å². The zero-order valence-electron chi connectivity index (χ0n) is 10.9. The minimum Gasteiger partial charge on any atom is -0.480 e. The van der Waals surface area contributed by atoms with Gasteiger partial charge in [-0.3, -0.25) is 9.69 Å². The lowest BCUT2D eigenvalue weighted by Gasteiger charge is -2.27. The summed E-state index contributed by atoms with van der Waals surface area (Å²) in [6.45, 7) is 5.09. The van der Waals surface area contributed by atoms with E-state index < -0.39 is 5.97 Å². The van der Waals surface area contributed by atoms with E-state index in [1.54, 1.807) is 0 Å². The summed E-state index contributed by atoms with van der Waals surface area (Å²) in [6, 6.07) is 8.42. The first kappa shape index (κ1) is 15.2. The Morgan fingerprint density at radius 2 is 2.00 bits per heavy atom. The Morgan fingerprint density at radius 1 is 1.39 bits per heavy atom. The van der Waals surface area contributed by atoms with Crippen molar-refractivity contribution in [1.29, 1.82) is 0 Å². The number of carboxylic acids is 1. The number of nitrogens with zero attached hydrogens (tertiary/aromatic N) is 1. The van der Waals surface area contributed by atoms with E-state index in [1.807, 2.05) is 17.0 Å². The standard InChI is InChI=1S/C14H20BrNO2/c1-3-8-16(10-14(17)18)11(2)9-12-4-6-13(15)7-5-12/h4-7,11H,3,8-10H2,1-2H3,(H,17,18). The highest BCUT2D eigenvalue weighted by molar-refractivity contribution is 9.10. The van der Waals surface area contributed by atoms with Gasteiger partial charge in [-0.05, 0) is 44.0 Å². The molecule has 4 heteroatoms. The Labute approximate surface area is 117 Å². The molecule has 1 aromatic carbocycles. The lowest BCUT2D eigenvalue weighted by molar-refractivity contribution is -0.138. The van der Waals surface area contributed by atoms with Gasteiger partial charge in [-0.2, -0.15) is 0 Å². The van der Waals surface area contributed by atoms with Crippen molar-refractivity contribution in [1.82, 2.24) is 4.90 Å². The smallest absolute Gasteiger partial charge is 0.317 e. The van der Waals surface area contributed by atoms with E-state index in [-0.39, 0.29) is 12.6 Å². The normalized spacial score (nSPS) is 12.7. The van der Waals surface area contributed by atoms with Gasteiger partial charge in [-0.1, -0.05) is 35.0 Å². The van der Waals surface area contributed by atoms with E-state index >= 15 is 0 Å². The SMILES string of the molecule is CCCN(CC(=O)O)C(C)Cc1ccc(Br)cc1. The van der Waals surface area contributed by atoms with Crippen molar-refractivity contribution < 1.29 is 9.90 Å². The highest BCUT2D eigenvalue weighted by atomic mass is 79.9. The van der Waals surface area contributed by atoms with Gasteiger partial charge in [-0.15, -0.1) is 0 Å². The molecule has 0 saturated carbocycles. The lowest BCUT2D eigenvalue weighted by atomic mass is 10.1. The summed E-state index contributed by atoms with van der Waals surface area (Å²) < 4.78 is 1.06. The van der Waals surface area contributed by atoms with Crippen LogP contribution in [-0.4, -0.2) is 35.1 Å². The second-order valence-corrected chi connectivity index (χ2v) is 5.46. The number of hydrogen-bond acceptors (Lipinski definition) is 2. The van der Waals surface area contributed by atoms with E-state index in [2.05, 4.69) is 41.9 Å². The molecule has 0 saturated heterocycles. The van der Waals surface area contributed by atoms with Gasteiger partial charge in [0.2, 0.25) is 0 Å². The van der Waals surface area contributed by atoms with Gasteiger partial charge in [0.25, 0.3) is 0 Å². The van der Waals surface area contributed by atoms with Gasteiger partial charge < -0.3 is 5.11 Å². The number of benzene rings is 1. The molecule has 0 spiro atoms. The molecule has 18 heavy (non-hydrogen) atoms. The van der Waals surface area contributed by atoms with Crippen LogP contribution in [0.3, 0.4) is 0 Å². The summed E-state index contributed by atoms with van der Waals surface area (Å²) >= 11 is 3.41. The van der Waals surface area contributed by atoms with Crippen molar-refractivity contribution in [2.45, 2.75) is 32.7 Å². The number of rotatable bonds is 7. The van der Waals surface area contributed by atoms with Crippen LogP contribution in [0, 0.1) is 0 Å². The first-order valence-corrected chi connectivity index (χ1v) is 7.02. The Bertz CT molecular complexity index is 378. The number of carbonyl (C=O) groups is 1. The van der Waals surface area contributed by atoms with Crippen LogP contribution in [0.2, 0.25) is 0 Å². The van der Waals surface area contributed by atoms with Crippen LogP contribution in [0.25, 0.3) is 0 Å². The molecule has 0 fully saturated rings. The van der Waals surface area contributed by atoms with Gasteiger partial charge in [0, 0.05) is 10.5 Å². The summed E-state index contributed by atoms with van der Waals surface area (Å²) in [5, 5.41) is 8.91. The molecule has 0 amide bonds. The molecule has 0 aliphatic rings. The van der Waals surface area contributed by atoms with Crippen molar-refractivity contribution in [3.63, 3.8) is 0 Å². The van der Waals surface area contributed by atoms with Gasteiger partial charge in [0.15, 0.2) is 0 Å². The fourth-order valence-corrected chi connectivity index (χ4v) is 2.27. The van der Waals surface area contributed by atoms with Crippen molar-refractivity contribution in [3.05, 3.63) is 34.3 Å². The number of hydrogen-bond donors (Lipinski definition) is 1. The lowest BCUT2D eigenvalue weighted by Crippen LogP contribution is -2.39. The second-order valence-electron chi connectivity index (χ2n) is 4.54. The molecule has 3 nitrogen and oxygen atoms in total. The minimum atomic E-state index is -0.758. The molecule has 1 unspecified atom stereocenters. The third kappa shape index (κ3) is 5.19. The van der Waals surface area contributed by atoms with Crippen molar-refractivity contribution in [2.75, 3.05) is 13.1 Å². The largest absolute Gasteiger partial charge is 0.480 e. The fraction of sp³-hybridized carbons (Fsp3) is 0.500. The van der Waals surface area contributed by atoms with Crippen LogP contribution in [0.1, 0.15) is 25.8 Å². The Balaban J connectivity index is 2.62. The Hall–Kier alpha value is -0.870. The Morgan fingerprint density at radius 3 is 2.50 bits per heavy atom. The highest BCUT2D eigenvalue weighted by Crippen LogP contribution is 2.14. The predicted molar refractivity (Wildman–Crippen MR) is 76.8 cm³/mol. The molecular weight excluding hydrogens is 294 g/mol. The summed E-state index contributed by atoms with van der Waals surface area (Å²) in [5.74, 6) is -0.758. The summed E-state index contributed by atoms with van der Waals surface area (Å²) in [7, 11) is 0. The van der Waals surface area contributed by atoms with Crippen LogP contribution in [0.5, 0.6) is 0 Å². The van der Waals surface area contributed by atoms with Crippen molar-refractivity contribution >= 4 is 21.9 Å². The first-order valence-electron chi connectivity index (χ1n) is 6.23. The maximum atomic E-state index is 10.8. The van der Waals surface area contributed by atoms with Gasteiger partial charge in [0.05, 0.1) is 6.54 Å². The molecule has 1 atom stereocenters. The maximum Gasteiger partial charge on any atom is 0.317 e. The third-order valence-corrected chi connectivity index (χ3v) is 3.45. The van der Waals surface area contributed by atoms with Crippen molar-refractivity contribution in [3.8, 4) is 0 Å². The molecule has 0 aliphatic heterocycles. The molecule has 0 heterocycles. The van der Waals surface area contributed by atoms with E-state index in [1.165, 1.54) is 5.56 Å². The molecule has 1 aromatic rings. The van der Waals surface area contributed by atoms with Crippen LogP contribution in [0.4, 0.5) is 0 Å². The second kappa shape index (κ2) is 7.54. The molecule has 0 radical (unpaired) electrons. The molecule has 0 bridgehead atoms. The summed E-state index contributed by atoms with van der Waals surface area (Å²) in [4.78, 5) is 12.9. The van der Waals surface area contributed by atoms with E-state index in [4.69, 9.17) is 5.11 Å². The number of aliphatic carboxylic acids is 1. The summed E-state index contributed by atoms with van der Waals surface area (Å²) in [6.07, 6.45) is 1.85. The number of halogens is 1. The summed E-state index contributed by atoms with van der Waals surface area (Å²) in [5.41, 5.74) is 1.23. The van der Waals surface area contributed by atoms with Crippen LogP contribution >= 0.6 is 15.9 Å². The Kier molecular flexibility index (Phi) is 6.36. The topological polar surface area (TPSA) is 40.5 Å².